The molecule has 0 radical (unpaired) electrons. The summed E-state index contributed by atoms with van der Waals surface area (Å²) >= 11 is 1.45. The number of thiazole rings is 1. The third-order valence-corrected chi connectivity index (χ3v) is 4.57. The summed E-state index contributed by atoms with van der Waals surface area (Å²) in [5.41, 5.74) is 8.86. The molecule has 130 valence electrons. The van der Waals surface area contributed by atoms with Crippen LogP contribution < -0.4 is 11.1 Å². The smallest absolute Gasteiger partial charge is 0.270 e. The minimum absolute atomic E-state index is 0.179. The third kappa shape index (κ3) is 4.52. The second-order valence-electron chi connectivity index (χ2n) is 5.68. The molecule has 0 fully saturated rings. The molecule has 3 rings (SSSR count). The van der Waals surface area contributed by atoms with Crippen molar-refractivity contribution in [2.45, 2.75) is 19.8 Å². The van der Waals surface area contributed by atoms with Gasteiger partial charge in [0.1, 0.15) is 12.0 Å². The zero-order valence-electron chi connectivity index (χ0n) is 14.0. The van der Waals surface area contributed by atoms with Crippen LogP contribution in [0.3, 0.4) is 0 Å². The molecule has 0 aliphatic heterocycles. The molecule has 0 aliphatic rings. The molecule has 3 aromatic rings. The molecule has 0 spiro atoms. The molecule has 0 bridgehead atoms. The van der Waals surface area contributed by atoms with Crippen molar-refractivity contribution in [3.05, 3.63) is 57.9 Å². The molecule has 0 unspecified atom stereocenters. The first-order valence-corrected chi connectivity index (χ1v) is 8.98. The summed E-state index contributed by atoms with van der Waals surface area (Å²) in [4.78, 5) is 20.8. The predicted octanol–water partition coefficient (Wildman–Crippen LogP) is 2.58. The third-order valence-electron chi connectivity index (χ3n) is 3.66. The Morgan fingerprint density at radius 1 is 1.24 bits per heavy atom. The summed E-state index contributed by atoms with van der Waals surface area (Å²) in [6, 6.07) is 8.00. The Morgan fingerprint density at radius 2 is 2.04 bits per heavy atom. The van der Waals surface area contributed by atoms with Crippen LogP contribution in [0, 0.1) is 6.92 Å². The fraction of sp³-hybridized carbons (Fsp3) is 0.278. The van der Waals surface area contributed by atoms with Crippen molar-refractivity contribution in [3.8, 4) is 11.5 Å². The zero-order valence-corrected chi connectivity index (χ0v) is 14.8. The van der Waals surface area contributed by atoms with Crippen LogP contribution in [0.5, 0.6) is 0 Å². The van der Waals surface area contributed by atoms with Crippen molar-refractivity contribution < 1.29 is 9.21 Å². The Balaban J connectivity index is 1.52. The summed E-state index contributed by atoms with van der Waals surface area (Å²) in [6.07, 6.45) is 2.92. The Bertz CT molecular complexity index is 839. The van der Waals surface area contributed by atoms with Gasteiger partial charge in [0.2, 0.25) is 5.89 Å². The van der Waals surface area contributed by atoms with E-state index in [1.54, 1.807) is 11.6 Å². The average Bonchev–Trinajstić information content (AvgIpc) is 3.26. The summed E-state index contributed by atoms with van der Waals surface area (Å²) in [5, 5.41) is 5.49. The maximum Gasteiger partial charge on any atom is 0.270 e. The quantitative estimate of drug-likeness (QED) is 0.678. The number of rotatable bonds is 7. The fourth-order valence-corrected chi connectivity index (χ4v) is 3.09. The first kappa shape index (κ1) is 17.3. The maximum absolute atomic E-state index is 12.1. The van der Waals surface area contributed by atoms with Gasteiger partial charge >= 0.3 is 0 Å². The summed E-state index contributed by atoms with van der Waals surface area (Å²) in [7, 11) is 0. The molecule has 7 heteroatoms. The zero-order chi connectivity index (χ0) is 17.6. The molecule has 0 aliphatic carbocycles. The number of nitrogens with zero attached hydrogens (tertiary/aromatic N) is 2. The molecule has 0 saturated carbocycles. The van der Waals surface area contributed by atoms with Crippen LogP contribution in [-0.4, -0.2) is 29.0 Å². The standard InChI is InChI=1S/C18H20N4O2S/c1-12-2-4-13(5-3-12)18-21-14(10-24-18)7-9-20-17(23)15-11-25-16(22-15)6-8-19/h2-5,10-11H,6-9,19H2,1H3,(H,20,23). The van der Waals surface area contributed by atoms with Crippen LogP contribution in [0.15, 0.2) is 40.3 Å². The van der Waals surface area contributed by atoms with Gasteiger partial charge < -0.3 is 15.5 Å². The normalized spacial score (nSPS) is 10.8. The molecule has 25 heavy (non-hydrogen) atoms. The lowest BCUT2D eigenvalue weighted by molar-refractivity contribution is 0.0949. The van der Waals surface area contributed by atoms with E-state index in [1.807, 2.05) is 31.2 Å². The van der Waals surface area contributed by atoms with Gasteiger partial charge in [-0.15, -0.1) is 11.3 Å². The summed E-state index contributed by atoms with van der Waals surface area (Å²) in [6.45, 7) is 3.04. The minimum Gasteiger partial charge on any atom is -0.444 e. The van der Waals surface area contributed by atoms with Crippen molar-refractivity contribution >= 4 is 17.2 Å². The van der Waals surface area contributed by atoms with E-state index in [1.165, 1.54) is 16.9 Å². The lowest BCUT2D eigenvalue weighted by atomic mass is 10.1. The number of carbonyl (C=O) groups is 1. The predicted molar refractivity (Wildman–Crippen MR) is 97.6 cm³/mol. The Kier molecular flexibility index (Phi) is 5.57. The lowest BCUT2D eigenvalue weighted by Crippen LogP contribution is -2.26. The van der Waals surface area contributed by atoms with Gasteiger partial charge in [-0.05, 0) is 25.6 Å². The lowest BCUT2D eigenvalue weighted by Gasteiger charge is -2.00. The Hall–Kier alpha value is -2.51. The number of amides is 1. The Morgan fingerprint density at radius 3 is 2.80 bits per heavy atom. The number of benzene rings is 1. The van der Waals surface area contributed by atoms with Crippen LogP contribution in [0.4, 0.5) is 0 Å². The molecule has 2 aromatic heterocycles. The van der Waals surface area contributed by atoms with Crippen molar-refractivity contribution in [1.29, 1.82) is 0 Å². The van der Waals surface area contributed by atoms with Gasteiger partial charge in [-0.1, -0.05) is 17.7 Å². The van der Waals surface area contributed by atoms with Crippen LogP contribution in [0.2, 0.25) is 0 Å². The maximum atomic E-state index is 12.1. The van der Waals surface area contributed by atoms with Crippen molar-refractivity contribution in [2.75, 3.05) is 13.1 Å². The number of carbonyl (C=O) groups excluding carboxylic acids is 1. The van der Waals surface area contributed by atoms with E-state index in [0.717, 1.165) is 16.3 Å². The number of aromatic nitrogens is 2. The highest BCUT2D eigenvalue weighted by molar-refractivity contribution is 7.09. The summed E-state index contributed by atoms with van der Waals surface area (Å²) in [5.74, 6) is 0.411. The van der Waals surface area contributed by atoms with E-state index in [0.29, 0.717) is 37.5 Å². The molecule has 1 aromatic carbocycles. The fourth-order valence-electron chi connectivity index (χ4n) is 2.30. The van der Waals surface area contributed by atoms with E-state index in [2.05, 4.69) is 15.3 Å². The second-order valence-corrected chi connectivity index (χ2v) is 6.62. The molecule has 2 heterocycles. The van der Waals surface area contributed by atoms with Crippen LogP contribution in [0.25, 0.3) is 11.5 Å². The summed E-state index contributed by atoms with van der Waals surface area (Å²) < 4.78 is 5.52. The molecule has 3 N–H and O–H groups in total. The van der Waals surface area contributed by atoms with Gasteiger partial charge in [0, 0.05) is 30.3 Å². The largest absolute Gasteiger partial charge is 0.444 e. The highest BCUT2D eigenvalue weighted by Gasteiger charge is 2.11. The van der Waals surface area contributed by atoms with Gasteiger partial charge in [0.25, 0.3) is 5.91 Å². The monoisotopic (exact) mass is 356 g/mol. The highest BCUT2D eigenvalue weighted by atomic mass is 32.1. The minimum atomic E-state index is -0.179. The first-order chi connectivity index (χ1) is 12.2. The van der Waals surface area contributed by atoms with Crippen LogP contribution in [-0.2, 0) is 12.8 Å². The molecule has 0 atom stereocenters. The SMILES string of the molecule is Cc1ccc(-c2nc(CCNC(=O)c3csc(CCN)n3)co2)cc1. The van der Waals surface area contributed by atoms with E-state index in [-0.39, 0.29) is 5.91 Å². The Labute approximate surface area is 150 Å². The van der Waals surface area contributed by atoms with E-state index >= 15 is 0 Å². The van der Waals surface area contributed by atoms with Gasteiger partial charge in [-0.25, -0.2) is 9.97 Å². The molecule has 6 nitrogen and oxygen atoms in total. The number of nitrogens with one attached hydrogen (secondary N) is 1. The van der Waals surface area contributed by atoms with Crippen molar-refractivity contribution in [3.63, 3.8) is 0 Å². The molecular formula is C18H20N4O2S. The highest BCUT2D eigenvalue weighted by Crippen LogP contribution is 2.19. The van der Waals surface area contributed by atoms with Gasteiger partial charge in [0.05, 0.1) is 10.7 Å². The molecule has 1 amide bonds. The van der Waals surface area contributed by atoms with Gasteiger partial charge in [0.15, 0.2) is 0 Å². The number of hydrogen-bond donors (Lipinski definition) is 2. The van der Waals surface area contributed by atoms with E-state index in [9.17, 15) is 4.79 Å². The number of nitrogens with two attached hydrogens (primary N) is 1. The molecule has 0 saturated heterocycles. The van der Waals surface area contributed by atoms with Gasteiger partial charge in [-0.2, -0.15) is 0 Å². The van der Waals surface area contributed by atoms with E-state index in [4.69, 9.17) is 10.2 Å². The molecular weight excluding hydrogens is 336 g/mol. The second kappa shape index (κ2) is 8.04. The van der Waals surface area contributed by atoms with E-state index < -0.39 is 0 Å². The number of oxazole rings is 1. The van der Waals surface area contributed by atoms with Crippen molar-refractivity contribution in [1.82, 2.24) is 15.3 Å². The number of hydrogen-bond acceptors (Lipinski definition) is 6. The average molecular weight is 356 g/mol. The van der Waals surface area contributed by atoms with Crippen LogP contribution >= 0.6 is 11.3 Å². The topological polar surface area (TPSA) is 94.0 Å². The van der Waals surface area contributed by atoms with Crippen molar-refractivity contribution in [2.24, 2.45) is 5.73 Å². The first-order valence-electron chi connectivity index (χ1n) is 8.10. The van der Waals surface area contributed by atoms with Crippen LogP contribution in [0.1, 0.15) is 26.8 Å². The van der Waals surface area contributed by atoms with Gasteiger partial charge in [-0.3, -0.25) is 4.79 Å². The number of aryl methyl sites for hydroxylation is 1.